The standard InChI is InChI=1S/C17H18BrNO2/c1-11-7-12(2)17(15(18)8-11)19-10-14-6-4-3-5-13(14)9-16(20)21/h3-8,19H,9-10H2,1-2H3,(H,20,21). The highest BCUT2D eigenvalue weighted by atomic mass is 79.9. The van der Waals surface area contributed by atoms with E-state index in [1.54, 1.807) is 0 Å². The topological polar surface area (TPSA) is 49.3 Å². The highest BCUT2D eigenvalue weighted by molar-refractivity contribution is 9.10. The summed E-state index contributed by atoms with van der Waals surface area (Å²) in [5.41, 5.74) is 5.27. The van der Waals surface area contributed by atoms with Crippen LogP contribution in [0.2, 0.25) is 0 Å². The number of carbonyl (C=O) groups is 1. The fraction of sp³-hybridized carbons (Fsp3) is 0.235. The minimum absolute atomic E-state index is 0.0475. The minimum Gasteiger partial charge on any atom is -0.481 e. The quantitative estimate of drug-likeness (QED) is 0.847. The Morgan fingerprint density at radius 3 is 2.48 bits per heavy atom. The summed E-state index contributed by atoms with van der Waals surface area (Å²) in [6.07, 6.45) is 0.0475. The molecule has 0 aliphatic heterocycles. The van der Waals surface area contributed by atoms with Crippen molar-refractivity contribution < 1.29 is 9.90 Å². The molecule has 0 atom stereocenters. The molecule has 0 aliphatic rings. The summed E-state index contributed by atoms with van der Waals surface area (Å²) in [7, 11) is 0. The lowest BCUT2D eigenvalue weighted by Crippen LogP contribution is -2.08. The van der Waals surface area contributed by atoms with Gasteiger partial charge in [0.25, 0.3) is 0 Å². The molecule has 0 saturated carbocycles. The van der Waals surface area contributed by atoms with Crippen molar-refractivity contribution in [3.05, 3.63) is 63.1 Å². The number of rotatable bonds is 5. The lowest BCUT2D eigenvalue weighted by atomic mass is 10.0. The molecule has 21 heavy (non-hydrogen) atoms. The maximum atomic E-state index is 10.9. The number of carboxylic acids is 1. The number of benzene rings is 2. The lowest BCUT2D eigenvalue weighted by molar-refractivity contribution is -0.136. The van der Waals surface area contributed by atoms with E-state index in [1.807, 2.05) is 24.3 Å². The van der Waals surface area contributed by atoms with Gasteiger partial charge in [-0.2, -0.15) is 0 Å². The second-order valence-corrected chi connectivity index (χ2v) is 5.99. The minimum atomic E-state index is -0.810. The van der Waals surface area contributed by atoms with E-state index in [9.17, 15) is 4.79 Å². The first-order chi connectivity index (χ1) is 9.97. The van der Waals surface area contributed by atoms with E-state index in [0.29, 0.717) is 6.54 Å². The van der Waals surface area contributed by atoms with Gasteiger partial charge in [0, 0.05) is 11.0 Å². The van der Waals surface area contributed by atoms with Crippen molar-refractivity contribution >= 4 is 27.6 Å². The Morgan fingerprint density at radius 1 is 1.19 bits per heavy atom. The second kappa shape index (κ2) is 6.76. The Kier molecular flexibility index (Phi) is 5.02. The third-order valence-electron chi connectivity index (χ3n) is 3.35. The smallest absolute Gasteiger partial charge is 0.307 e. The molecule has 0 heterocycles. The zero-order chi connectivity index (χ0) is 15.4. The van der Waals surface area contributed by atoms with Gasteiger partial charge in [-0.1, -0.05) is 30.3 Å². The van der Waals surface area contributed by atoms with E-state index in [4.69, 9.17) is 5.11 Å². The normalized spacial score (nSPS) is 10.4. The molecule has 3 nitrogen and oxygen atoms in total. The Balaban J connectivity index is 2.19. The molecule has 0 aromatic heterocycles. The molecule has 0 saturated heterocycles. The number of hydrogen-bond donors (Lipinski definition) is 2. The average Bonchev–Trinajstić information content (AvgIpc) is 2.38. The summed E-state index contributed by atoms with van der Waals surface area (Å²) in [6.45, 7) is 4.72. The van der Waals surface area contributed by atoms with Crippen LogP contribution in [0.5, 0.6) is 0 Å². The van der Waals surface area contributed by atoms with Gasteiger partial charge in [0.05, 0.1) is 12.1 Å². The predicted molar refractivity (Wildman–Crippen MR) is 88.7 cm³/mol. The molecule has 2 rings (SSSR count). The van der Waals surface area contributed by atoms with Gasteiger partial charge >= 0.3 is 5.97 Å². The first-order valence-corrected chi connectivity index (χ1v) is 7.56. The first kappa shape index (κ1) is 15.6. The van der Waals surface area contributed by atoms with Gasteiger partial charge in [-0.15, -0.1) is 0 Å². The molecule has 0 unspecified atom stereocenters. The molecular weight excluding hydrogens is 330 g/mol. The molecule has 0 bridgehead atoms. The summed E-state index contributed by atoms with van der Waals surface area (Å²) >= 11 is 3.57. The second-order valence-electron chi connectivity index (χ2n) is 5.13. The molecular formula is C17H18BrNO2. The summed E-state index contributed by atoms with van der Waals surface area (Å²) < 4.78 is 1.02. The maximum Gasteiger partial charge on any atom is 0.307 e. The largest absolute Gasteiger partial charge is 0.481 e. The zero-order valence-electron chi connectivity index (χ0n) is 12.1. The molecule has 0 amide bonds. The average molecular weight is 348 g/mol. The molecule has 0 aliphatic carbocycles. The predicted octanol–water partition coefficient (Wildman–Crippen LogP) is 4.31. The maximum absolute atomic E-state index is 10.9. The number of carboxylic acid groups (broad SMARTS) is 1. The van der Waals surface area contributed by atoms with Gasteiger partial charge in [0.15, 0.2) is 0 Å². The number of nitrogens with one attached hydrogen (secondary N) is 1. The van der Waals surface area contributed by atoms with Crippen LogP contribution in [0.3, 0.4) is 0 Å². The van der Waals surface area contributed by atoms with Crippen LogP contribution in [0.4, 0.5) is 5.69 Å². The fourth-order valence-electron chi connectivity index (χ4n) is 2.39. The van der Waals surface area contributed by atoms with Crippen LogP contribution in [-0.2, 0) is 17.8 Å². The van der Waals surface area contributed by atoms with E-state index in [2.05, 4.69) is 47.2 Å². The summed E-state index contributed by atoms with van der Waals surface area (Å²) in [5.74, 6) is -0.810. The van der Waals surface area contributed by atoms with E-state index in [-0.39, 0.29) is 6.42 Å². The van der Waals surface area contributed by atoms with Gasteiger partial charge in [-0.05, 0) is 58.1 Å². The molecule has 4 heteroatoms. The van der Waals surface area contributed by atoms with Gasteiger partial charge in [-0.25, -0.2) is 0 Å². The van der Waals surface area contributed by atoms with Crippen molar-refractivity contribution in [2.75, 3.05) is 5.32 Å². The summed E-state index contributed by atoms with van der Waals surface area (Å²) in [4.78, 5) is 10.9. The Morgan fingerprint density at radius 2 is 1.86 bits per heavy atom. The summed E-state index contributed by atoms with van der Waals surface area (Å²) in [6, 6.07) is 11.8. The molecule has 0 spiro atoms. The third kappa shape index (κ3) is 4.08. The van der Waals surface area contributed by atoms with Gasteiger partial charge in [0.2, 0.25) is 0 Å². The molecule has 110 valence electrons. The zero-order valence-corrected chi connectivity index (χ0v) is 13.7. The number of aliphatic carboxylic acids is 1. The SMILES string of the molecule is Cc1cc(C)c(NCc2ccccc2CC(=O)O)c(Br)c1. The molecule has 0 fully saturated rings. The molecule has 0 radical (unpaired) electrons. The van der Waals surface area contributed by atoms with Crippen LogP contribution < -0.4 is 5.32 Å². The van der Waals surface area contributed by atoms with Crippen LogP contribution >= 0.6 is 15.9 Å². The van der Waals surface area contributed by atoms with Crippen LogP contribution in [0.25, 0.3) is 0 Å². The Labute approximate surface area is 133 Å². The van der Waals surface area contributed by atoms with Crippen LogP contribution in [-0.4, -0.2) is 11.1 Å². The first-order valence-electron chi connectivity index (χ1n) is 6.76. The van der Waals surface area contributed by atoms with Crippen LogP contribution in [0, 0.1) is 13.8 Å². The Hall–Kier alpha value is -1.81. The molecule has 2 aromatic carbocycles. The van der Waals surface area contributed by atoms with Gasteiger partial charge < -0.3 is 10.4 Å². The number of halogens is 1. The van der Waals surface area contributed by atoms with Crippen molar-refractivity contribution in [2.24, 2.45) is 0 Å². The van der Waals surface area contributed by atoms with Crippen molar-refractivity contribution in [2.45, 2.75) is 26.8 Å². The molecule has 2 aromatic rings. The van der Waals surface area contributed by atoms with Crippen molar-refractivity contribution in [3.8, 4) is 0 Å². The van der Waals surface area contributed by atoms with E-state index < -0.39 is 5.97 Å². The van der Waals surface area contributed by atoms with Gasteiger partial charge in [-0.3, -0.25) is 4.79 Å². The molecule has 2 N–H and O–H groups in total. The van der Waals surface area contributed by atoms with Crippen molar-refractivity contribution in [1.82, 2.24) is 0 Å². The van der Waals surface area contributed by atoms with Gasteiger partial charge in [0.1, 0.15) is 0 Å². The van der Waals surface area contributed by atoms with Crippen LogP contribution in [0.15, 0.2) is 40.9 Å². The number of anilines is 1. The van der Waals surface area contributed by atoms with E-state index in [0.717, 1.165) is 26.9 Å². The fourth-order valence-corrected chi connectivity index (χ4v) is 3.20. The van der Waals surface area contributed by atoms with Crippen molar-refractivity contribution in [1.29, 1.82) is 0 Å². The monoisotopic (exact) mass is 347 g/mol. The highest BCUT2D eigenvalue weighted by Gasteiger charge is 2.08. The van der Waals surface area contributed by atoms with E-state index in [1.165, 1.54) is 5.56 Å². The third-order valence-corrected chi connectivity index (χ3v) is 3.97. The van der Waals surface area contributed by atoms with Crippen molar-refractivity contribution in [3.63, 3.8) is 0 Å². The number of hydrogen-bond acceptors (Lipinski definition) is 2. The summed E-state index contributed by atoms with van der Waals surface area (Å²) in [5, 5.41) is 12.4. The Bertz CT molecular complexity index is 645. The lowest BCUT2D eigenvalue weighted by Gasteiger charge is -2.14. The van der Waals surface area contributed by atoms with E-state index >= 15 is 0 Å². The highest BCUT2D eigenvalue weighted by Crippen LogP contribution is 2.28. The van der Waals surface area contributed by atoms with Crippen LogP contribution in [0.1, 0.15) is 22.3 Å². The number of aryl methyl sites for hydroxylation is 2.